The molecule has 0 aromatic heterocycles. The molecule has 0 saturated heterocycles. The molecule has 4 aromatic carbocycles. The summed E-state index contributed by atoms with van der Waals surface area (Å²) in [6.45, 7) is 2.05. The highest BCUT2D eigenvalue weighted by molar-refractivity contribution is 7.73. The van der Waals surface area contributed by atoms with Gasteiger partial charge in [-0.15, -0.1) is 8.46 Å². The standard InChI is InChI=1S/C18H13B2P2/c19-22-14-4-8-16-12(10-14)2-6-17-15-7-3-13(20-21)9-11(15)1-5-18(16)17/h1-10,22H,21H2. The molecule has 0 saturated carbocycles. The van der Waals surface area contributed by atoms with Gasteiger partial charge < -0.3 is 0 Å². The van der Waals surface area contributed by atoms with Crippen LogP contribution >= 0.6 is 17.6 Å². The van der Waals surface area contributed by atoms with Crippen molar-refractivity contribution in [1.29, 1.82) is 0 Å². The lowest BCUT2D eigenvalue weighted by atomic mass is 9.90. The molecule has 2 atom stereocenters. The third-order valence-electron chi connectivity index (χ3n) is 4.22. The quantitative estimate of drug-likeness (QED) is 0.301. The molecular weight excluding hydrogens is 300 g/mol. The second-order valence-corrected chi connectivity index (χ2v) is 6.65. The van der Waals surface area contributed by atoms with Crippen molar-refractivity contribution in [3.05, 3.63) is 60.7 Å². The van der Waals surface area contributed by atoms with Gasteiger partial charge in [-0.05, 0) is 43.7 Å². The highest BCUT2D eigenvalue weighted by atomic mass is 31.1. The zero-order valence-electron chi connectivity index (χ0n) is 12.0. The summed E-state index contributed by atoms with van der Waals surface area (Å²) in [6.07, 6.45) is 0. The first-order valence-electron chi connectivity index (χ1n) is 7.21. The largest absolute Gasteiger partial charge is 0.178 e. The van der Waals surface area contributed by atoms with E-state index in [4.69, 9.17) is 7.57 Å². The summed E-state index contributed by atoms with van der Waals surface area (Å²) in [5, 5.41) is 8.96. The van der Waals surface area contributed by atoms with Crippen LogP contribution in [0.1, 0.15) is 0 Å². The maximum atomic E-state index is 5.78. The molecule has 2 unspecified atom stereocenters. The highest BCUT2D eigenvalue weighted by Crippen LogP contribution is 2.31. The molecule has 0 bridgehead atoms. The third-order valence-corrected chi connectivity index (χ3v) is 5.25. The lowest BCUT2D eigenvalue weighted by Crippen LogP contribution is -2.06. The third kappa shape index (κ3) is 2.26. The molecule has 0 amide bonds. The van der Waals surface area contributed by atoms with Crippen molar-refractivity contribution in [2.75, 3.05) is 0 Å². The zero-order valence-corrected chi connectivity index (χ0v) is 14.2. The van der Waals surface area contributed by atoms with Crippen LogP contribution in [-0.4, -0.2) is 14.6 Å². The van der Waals surface area contributed by atoms with E-state index in [0.717, 1.165) is 0 Å². The van der Waals surface area contributed by atoms with E-state index in [1.54, 1.807) is 0 Å². The average Bonchev–Trinajstić information content (AvgIpc) is 2.59. The van der Waals surface area contributed by atoms with Gasteiger partial charge in [-0.1, -0.05) is 60.1 Å². The highest BCUT2D eigenvalue weighted by Gasteiger charge is 2.05. The van der Waals surface area contributed by atoms with Crippen LogP contribution in [0.15, 0.2) is 60.7 Å². The molecule has 0 heterocycles. The minimum absolute atomic E-state index is 0.348. The Hall–Kier alpha value is -1.35. The van der Waals surface area contributed by atoms with Crippen LogP contribution in [0.4, 0.5) is 0 Å². The first-order chi connectivity index (χ1) is 10.8. The molecule has 22 heavy (non-hydrogen) atoms. The summed E-state index contributed by atoms with van der Waals surface area (Å²) in [6, 6.07) is 22.0. The van der Waals surface area contributed by atoms with E-state index in [1.165, 1.54) is 43.1 Å². The van der Waals surface area contributed by atoms with Crippen molar-refractivity contribution < 1.29 is 0 Å². The van der Waals surface area contributed by atoms with Crippen LogP contribution in [0.3, 0.4) is 0 Å². The second-order valence-electron chi connectivity index (χ2n) is 5.45. The topological polar surface area (TPSA) is 0 Å². The van der Waals surface area contributed by atoms with Gasteiger partial charge in [0, 0.05) is 0 Å². The Morgan fingerprint density at radius 2 is 1.32 bits per heavy atom. The molecule has 0 N–H and O–H groups in total. The molecule has 0 spiro atoms. The van der Waals surface area contributed by atoms with Gasteiger partial charge in [-0.2, -0.15) is 9.12 Å². The zero-order chi connectivity index (χ0) is 15.1. The second kappa shape index (κ2) is 5.69. The van der Waals surface area contributed by atoms with Crippen LogP contribution in [-0.2, 0) is 0 Å². The minimum Gasteiger partial charge on any atom is -0.172 e. The molecule has 0 aliphatic carbocycles. The van der Waals surface area contributed by atoms with Gasteiger partial charge in [-0.3, -0.25) is 0 Å². The summed E-state index contributed by atoms with van der Waals surface area (Å²) in [4.78, 5) is 0. The lowest BCUT2D eigenvalue weighted by Gasteiger charge is -2.09. The molecule has 0 aliphatic heterocycles. The van der Waals surface area contributed by atoms with E-state index in [0.29, 0.717) is 8.46 Å². The van der Waals surface area contributed by atoms with E-state index >= 15 is 0 Å². The van der Waals surface area contributed by atoms with Crippen molar-refractivity contribution in [2.45, 2.75) is 0 Å². The normalized spacial score (nSPS) is 11.9. The number of benzene rings is 4. The van der Waals surface area contributed by atoms with Gasteiger partial charge in [0.15, 0.2) is 7.00 Å². The predicted octanol–water partition coefficient (Wildman–Crippen LogP) is 3.65. The average molecular weight is 313 g/mol. The van der Waals surface area contributed by atoms with Crippen LogP contribution in [0.2, 0.25) is 0 Å². The molecule has 4 aromatic rings. The Morgan fingerprint density at radius 1 is 0.727 bits per heavy atom. The van der Waals surface area contributed by atoms with E-state index in [2.05, 4.69) is 76.8 Å². The van der Waals surface area contributed by atoms with E-state index in [1.807, 2.05) is 0 Å². The Kier molecular flexibility index (Phi) is 3.69. The first kappa shape index (κ1) is 14.3. The number of fused-ring (bicyclic) bond motifs is 5. The maximum absolute atomic E-state index is 5.78. The number of hydrogen-bond donors (Lipinski definition) is 0. The summed E-state index contributed by atoms with van der Waals surface area (Å²) in [7, 11) is 8.79. The summed E-state index contributed by atoms with van der Waals surface area (Å²) in [5.74, 6) is 0. The fraction of sp³-hybridized carbons (Fsp3) is 0. The van der Waals surface area contributed by atoms with E-state index < -0.39 is 0 Å². The molecule has 0 aliphatic rings. The van der Waals surface area contributed by atoms with Crippen molar-refractivity contribution in [2.24, 2.45) is 0 Å². The summed E-state index contributed by atoms with van der Waals surface area (Å²) in [5.41, 5.74) is 1.23. The molecule has 101 valence electrons. The Bertz CT molecular complexity index is 929. The predicted molar refractivity (Wildman–Crippen MR) is 108 cm³/mol. The van der Waals surface area contributed by atoms with Gasteiger partial charge in [0.1, 0.15) is 7.57 Å². The van der Waals surface area contributed by atoms with Gasteiger partial charge in [-0.25, -0.2) is 0 Å². The smallest absolute Gasteiger partial charge is 0.172 e. The Labute approximate surface area is 136 Å². The SMILES string of the molecule is [B]Pc1ccc2c(ccc3c4ccc([B]P)cc4ccc23)c1. The van der Waals surface area contributed by atoms with E-state index in [-0.39, 0.29) is 0 Å². The fourth-order valence-corrected chi connectivity index (χ4v) is 3.72. The van der Waals surface area contributed by atoms with Crippen LogP contribution in [0, 0.1) is 0 Å². The summed E-state index contributed by atoms with van der Waals surface area (Å²) >= 11 is 0. The Morgan fingerprint density at radius 3 is 1.95 bits per heavy atom. The maximum Gasteiger partial charge on any atom is 0.178 e. The van der Waals surface area contributed by atoms with Gasteiger partial charge in [0.25, 0.3) is 0 Å². The van der Waals surface area contributed by atoms with Crippen LogP contribution in [0.5, 0.6) is 0 Å². The fourth-order valence-electron chi connectivity index (χ4n) is 3.10. The van der Waals surface area contributed by atoms with Crippen LogP contribution in [0.25, 0.3) is 32.3 Å². The van der Waals surface area contributed by atoms with E-state index in [9.17, 15) is 0 Å². The van der Waals surface area contributed by atoms with Crippen molar-refractivity contribution in [3.8, 4) is 0 Å². The number of rotatable bonds is 2. The molecular formula is C18H13B2P2. The first-order valence-corrected chi connectivity index (χ1v) is 8.95. The lowest BCUT2D eigenvalue weighted by molar-refractivity contribution is 1.82. The van der Waals surface area contributed by atoms with Crippen molar-refractivity contribution >= 4 is 75.2 Å². The monoisotopic (exact) mass is 313 g/mol. The van der Waals surface area contributed by atoms with Gasteiger partial charge >= 0.3 is 0 Å². The molecule has 4 rings (SSSR count). The molecule has 0 fully saturated rings. The molecule has 3 radical (unpaired) electrons. The van der Waals surface area contributed by atoms with Gasteiger partial charge in [0.2, 0.25) is 0 Å². The van der Waals surface area contributed by atoms with Crippen molar-refractivity contribution in [3.63, 3.8) is 0 Å². The molecule has 0 nitrogen and oxygen atoms in total. The summed E-state index contributed by atoms with van der Waals surface area (Å²) < 4.78 is 0. The number of hydrogen-bond acceptors (Lipinski definition) is 0. The molecule has 4 heteroatoms. The van der Waals surface area contributed by atoms with Crippen molar-refractivity contribution in [1.82, 2.24) is 0 Å². The minimum atomic E-state index is 0.348. The van der Waals surface area contributed by atoms with Crippen LogP contribution < -0.4 is 10.8 Å². The Balaban J connectivity index is 2.08. The van der Waals surface area contributed by atoms with Gasteiger partial charge in [0.05, 0.1) is 0 Å².